The summed E-state index contributed by atoms with van der Waals surface area (Å²) in [6.07, 6.45) is 0. The van der Waals surface area contributed by atoms with Gasteiger partial charge in [0.1, 0.15) is 5.25 Å². The number of hydrogen-bond donors (Lipinski definition) is 0. The van der Waals surface area contributed by atoms with Crippen molar-refractivity contribution in [3.8, 4) is 0 Å². The summed E-state index contributed by atoms with van der Waals surface area (Å²) in [5.74, 6) is 0.909. The molecular formula is C11H17IO3S. The minimum Gasteiger partial charge on any atom is -0.263 e. The molecular weight excluding hydrogens is 339 g/mol. The van der Waals surface area contributed by atoms with Gasteiger partial charge in [0.05, 0.1) is 5.60 Å². The third-order valence-corrected chi connectivity index (χ3v) is 10.3. The lowest BCUT2D eigenvalue weighted by molar-refractivity contribution is 0.0128. The fraction of sp³-hybridized carbons (Fsp3) is 1.00. The first kappa shape index (κ1) is 11.7. The normalized spacial score (nSPS) is 66.4. The van der Waals surface area contributed by atoms with E-state index in [1.54, 1.807) is 0 Å². The van der Waals surface area contributed by atoms with Crippen LogP contribution in [0.2, 0.25) is 0 Å². The van der Waals surface area contributed by atoms with Crippen molar-refractivity contribution >= 4 is 32.7 Å². The summed E-state index contributed by atoms with van der Waals surface area (Å²) < 4.78 is 29.9. The molecule has 1 aliphatic heterocycles. The molecule has 1 saturated heterocycles. The highest BCUT2D eigenvalue weighted by Crippen LogP contribution is 2.73. The summed E-state index contributed by atoms with van der Waals surface area (Å²) in [7, 11) is -3.35. The highest BCUT2D eigenvalue weighted by atomic mass is 127. The van der Waals surface area contributed by atoms with Crippen LogP contribution in [0.4, 0.5) is 0 Å². The van der Waals surface area contributed by atoms with Gasteiger partial charge in [-0.25, -0.2) is 0 Å². The molecule has 0 N–H and O–H groups in total. The Hall–Kier alpha value is 0.640. The quantitative estimate of drug-likeness (QED) is 0.380. The third-order valence-electron chi connectivity index (χ3n) is 5.84. The van der Waals surface area contributed by atoms with Gasteiger partial charge < -0.3 is 0 Å². The van der Waals surface area contributed by atoms with E-state index in [1.165, 1.54) is 0 Å². The van der Waals surface area contributed by atoms with Crippen molar-refractivity contribution in [3.05, 3.63) is 0 Å². The average molecular weight is 356 g/mol. The number of rotatable bonds is 0. The minimum absolute atomic E-state index is 0.0915. The fourth-order valence-electron chi connectivity index (χ4n) is 4.58. The van der Waals surface area contributed by atoms with Crippen molar-refractivity contribution in [3.63, 3.8) is 0 Å². The molecule has 92 valence electrons. The molecule has 0 radical (unpaired) electrons. The van der Waals surface area contributed by atoms with Gasteiger partial charge in [-0.05, 0) is 24.2 Å². The van der Waals surface area contributed by atoms with E-state index >= 15 is 0 Å². The van der Waals surface area contributed by atoms with Crippen molar-refractivity contribution < 1.29 is 12.6 Å². The van der Waals surface area contributed by atoms with Gasteiger partial charge >= 0.3 is 0 Å². The number of hydrogen-bond acceptors (Lipinski definition) is 3. The SMILES string of the molecule is CC1C2C3C(I)C1(C)C(C)C2(C)OS3(=O)=O. The molecule has 2 saturated carbocycles. The first-order valence-corrected chi connectivity index (χ1v) is 8.47. The molecule has 5 heteroatoms. The molecule has 16 heavy (non-hydrogen) atoms. The van der Waals surface area contributed by atoms with Crippen LogP contribution in [0.5, 0.6) is 0 Å². The summed E-state index contributed by atoms with van der Waals surface area (Å²) in [4.78, 5) is 0. The first-order chi connectivity index (χ1) is 7.17. The highest BCUT2D eigenvalue weighted by Gasteiger charge is 2.79. The Morgan fingerprint density at radius 2 is 1.81 bits per heavy atom. The van der Waals surface area contributed by atoms with E-state index in [4.69, 9.17) is 4.18 Å². The lowest BCUT2D eigenvalue weighted by Crippen LogP contribution is -2.47. The van der Waals surface area contributed by atoms with Gasteiger partial charge in [-0.15, -0.1) is 0 Å². The molecule has 3 fully saturated rings. The van der Waals surface area contributed by atoms with Gasteiger partial charge in [-0.3, -0.25) is 4.18 Å². The van der Waals surface area contributed by atoms with E-state index in [9.17, 15) is 8.42 Å². The molecule has 2 bridgehead atoms. The molecule has 3 aliphatic rings. The maximum absolute atomic E-state index is 12.1. The number of fused-ring (bicyclic) bond motifs is 1. The van der Waals surface area contributed by atoms with E-state index in [2.05, 4.69) is 43.4 Å². The predicted octanol–water partition coefficient (Wildman–Crippen LogP) is 2.20. The molecule has 7 atom stereocenters. The minimum atomic E-state index is -3.35. The Kier molecular flexibility index (Phi) is 2.05. The smallest absolute Gasteiger partial charge is 0.263 e. The van der Waals surface area contributed by atoms with Gasteiger partial charge in [0.2, 0.25) is 0 Å². The van der Waals surface area contributed by atoms with Crippen molar-refractivity contribution in [2.75, 3.05) is 0 Å². The predicted molar refractivity (Wildman–Crippen MR) is 69.9 cm³/mol. The number of halogens is 1. The zero-order chi connectivity index (χ0) is 12.1. The molecule has 0 aromatic rings. The highest BCUT2D eigenvalue weighted by molar-refractivity contribution is 14.1. The summed E-state index contributed by atoms with van der Waals surface area (Å²) >= 11 is 2.33. The summed E-state index contributed by atoms with van der Waals surface area (Å²) in [6.45, 7) is 8.58. The molecule has 3 rings (SSSR count). The Labute approximate surface area is 111 Å². The van der Waals surface area contributed by atoms with E-state index in [1.807, 2.05) is 6.92 Å². The van der Waals surface area contributed by atoms with Gasteiger partial charge in [-0.2, -0.15) is 8.42 Å². The van der Waals surface area contributed by atoms with Crippen LogP contribution >= 0.6 is 22.6 Å². The Balaban J connectivity index is 2.28. The van der Waals surface area contributed by atoms with Gasteiger partial charge in [-0.1, -0.05) is 43.4 Å². The topological polar surface area (TPSA) is 43.4 Å². The lowest BCUT2D eigenvalue weighted by Gasteiger charge is -2.40. The van der Waals surface area contributed by atoms with Crippen LogP contribution in [0.25, 0.3) is 0 Å². The van der Waals surface area contributed by atoms with E-state index in [0.717, 1.165) is 0 Å². The van der Waals surface area contributed by atoms with Gasteiger partial charge in [0.15, 0.2) is 0 Å². The maximum atomic E-state index is 12.1. The van der Waals surface area contributed by atoms with Gasteiger partial charge in [0, 0.05) is 9.84 Å². The summed E-state index contributed by atoms with van der Waals surface area (Å²) in [6, 6.07) is 0. The Bertz CT molecular complexity index is 462. The second-order valence-corrected chi connectivity index (χ2v) is 9.07. The molecule has 3 nitrogen and oxygen atoms in total. The van der Waals surface area contributed by atoms with E-state index in [0.29, 0.717) is 11.8 Å². The zero-order valence-corrected chi connectivity index (χ0v) is 12.9. The molecule has 0 amide bonds. The standard InChI is InChI=1S/C11H17IO3S/c1-5-7-8-9(12)10(5,3)6(2)11(7,4)15-16(8,13)14/h5-9H,1-4H3. The van der Waals surface area contributed by atoms with Crippen LogP contribution in [0.1, 0.15) is 27.7 Å². The second kappa shape index (κ2) is 2.79. The maximum Gasteiger partial charge on any atom is 0.272 e. The lowest BCUT2D eigenvalue weighted by atomic mass is 9.70. The number of alkyl halides is 1. The monoisotopic (exact) mass is 356 g/mol. The van der Waals surface area contributed by atoms with Crippen LogP contribution in [-0.2, 0) is 14.3 Å². The molecule has 0 aromatic heterocycles. The summed E-state index contributed by atoms with van der Waals surface area (Å²) in [5, 5.41) is -0.283. The van der Waals surface area contributed by atoms with Crippen LogP contribution < -0.4 is 0 Å². The first-order valence-electron chi connectivity index (χ1n) is 5.76. The van der Waals surface area contributed by atoms with E-state index < -0.39 is 15.7 Å². The van der Waals surface area contributed by atoms with Crippen LogP contribution in [-0.4, -0.2) is 23.2 Å². The van der Waals surface area contributed by atoms with Crippen molar-refractivity contribution in [2.24, 2.45) is 23.2 Å². The fourth-order valence-corrected chi connectivity index (χ4v) is 9.53. The van der Waals surface area contributed by atoms with Crippen LogP contribution in [0.3, 0.4) is 0 Å². The van der Waals surface area contributed by atoms with Crippen LogP contribution in [0, 0.1) is 23.2 Å². The molecule has 1 heterocycles. The van der Waals surface area contributed by atoms with Crippen LogP contribution in [0.15, 0.2) is 0 Å². The molecule has 2 aliphatic carbocycles. The molecule has 7 unspecified atom stereocenters. The molecule has 0 spiro atoms. The van der Waals surface area contributed by atoms with Gasteiger partial charge in [0.25, 0.3) is 10.1 Å². The summed E-state index contributed by atoms with van der Waals surface area (Å²) in [5.41, 5.74) is -0.368. The van der Waals surface area contributed by atoms with E-state index in [-0.39, 0.29) is 20.5 Å². The van der Waals surface area contributed by atoms with Crippen molar-refractivity contribution in [2.45, 2.75) is 42.5 Å². The average Bonchev–Trinajstić information content (AvgIpc) is 2.54. The third kappa shape index (κ3) is 0.912. The van der Waals surface area contributed by atoms with Crippen molar-refractivity contribution in [1.82, 2.24) is 0 Å². The Morgan fingerprint density at radius 1 is 1.25 bits per heavy atom. The second-order valence-electron chi connectivity index (χ2n) is 6.03. The molecule has 0 aromatic carbocycles. The largest absolute Gasteiger partial charge is 0.272 e. The zero-order valence-electron chi connectivity index (χ0n) is 9.90. The Morgan fingerprint density at radius 3 is 2.31 bits per heavy atom. The van der Waals surface area contributed by atoms with Crippen molar-refractivity contribution in [1.29, 1.82) is 0 Å².